The molecule has 2 aromatic carbocycles. The smallest absolute Gasteiger partial charge is 0.201 e. The van der Waals surface area contributed by atoms with Crippen LogP contribution in [-0.4, -0.2) is 19.5 Å². The van der Waals surface area contributed by atoms with Crippen LogP contribution < -0.4 is 9.47 Å². The van der Waals surface area contributed by atoms with Crippen molar-refractivity contribution in [1.82, 2.24) is 0 Å². The first-order chi connectivity index (χ1) is 10.2. The first kappa shape index (κ1) is 15.6. The second-order valence-electron chi connectivity index (χ2n) is 4.53. The molecule has 0 fully saturated rings. The summed E-state index contributed by atoms with van der Waals surface area (Å²) in [6, 6.07) is 13.0. The van der Waals surface area contributed by atoms with Gasteiger partial charge in [0, 0.05) is 10.0 Å². The van der Waals surface area contributed by atoms with Crippen LogP contribution in [0.2, 0.25) is 0 Å². The van der Waals surface area contributed by atoms with Crippen LogP contribution in [0.1, 0.15) is 22.8 Å². The topological polar surface area (TPSA) is 35.5 Å². The van der Waals surface area contributed by atoms with Crippen LogP contribution in [0, 0.1) is 0 Å². The summed E-state index contributed by atoms with van der Waals surface area (Å²) in [6.07, 6.45) is 0.923. The third kappa shape index (κ3) is 3.85. The number of aryl methyl sites for hydroxylation is 1. The molecule has 110 valence electrons. The summed E-state index contributed by atoms with van der Waals surface area (Å²) >= 11 is 3.37. The van der Waals surface area contributed by atoms with Gasteiger partial charge in [0.05, 0.1) is 7.11 Å². The van der Waals surface area contributed by atoms with Gasteiger partial charge in [-0.05, 0) is 30.2 Å². The molecule has 0 saturated heterocycles. The zero-order valence-electron chi connectivity index (χ0n) is 12.1. The Labute approximate surface area is 133 Å². The van der Waals surface area contributed by atoms with Crippen LogP contribution in [-0.2, 0) is 6.42 Å². The monoisotopic (exact) mass is 348 g/mol. The summed E-state index contributed by atoms with van der Waals surface area (Å²) in [5.41, 5.74) is 1.78. The number of ketones is 1. The van der Waals surface area contributed by atoms with Gasteiger partial charge in [-0.25, -0.2) is 0 Å². The molecule has 0 aromatic heterocycles. The van der Waals surface area contributed by atoms with Crippen molar-refractivity contribution in [2.75, 3.05) is 13.7 Å². The predicted molar refractivity (Wildman–Crippen MR) is 86.3 cm³/mol. The van der Waals surface area contributed by atoms with Crippen molar-refractivity contribution in [2.45, 2.75) is 13.3 Å². The van der Waals surface area contributed by atoms with Gasteiger partial charge >= 0.3 is 0 Å². The summed E-state index contributed by atoms with van der Waals surface area (Å²) < 4.78 is 11.7. The lowest BCUT2D eigenvalue weighted by molar-refractivity contribution is 0.0918. The Morgan fingerprint density at radius 3 is 2.57 bits per heavy atom. The number of halogens is 1. The van der Waals surface area contributed by atoms with Crippen molar-refractivity contribution < 1.29 is 14.3 Å². The Morgan fingerprint density at radius 1 is 1.14 bits per heavy atom. The molecule has 0 atom stereocenters. The number of ether oxygens (including phenoxy) is 2. The van der Waals surface area contributed by atoms with Gasteiger partial charge in [0.1, 0.15) is 0 Å². The highest BCUT2D eigenvalue weighted by Crippen LogP contribution is 2.28. The highest BCUT2D eigenvalue weighted by molar-refractivity contribution is 9.10. The Kier molecular flexibility index (Phi) is 5.39. The number of methoxy groups -OCH3 is 1. The van der Waals surface area contributed by atoms with E-state index in [1.807, 2.05) is 36.4 Å². The van der Waals surface area contributed by atoms with Gasteiger partial charge in [-0.3, -0.25) is 4.79 Å². The Hall–Kier alpha value is -1.81. The minimum atomic E-state index is -0.0795. The summed E-state index contributed by atoms with van der Waals surface area (Å²) in [4.78, 5) is 12.2. The molecule has 0 radical (unpaired) electrons. The quantitative estimate of drug-likeness (QED) is 0.730. The van der Waals surface area contributed by atoms with Crippen molar-refractivity contribution >= 4 is 21.7 Å². The van der Waals surface area contributed by atoms with Gasteiger partial charge in [-0.15, -0.1) is 0 Å². The van der Waals surface area contributed by atoms with E-state index in [4.69, 9.17) is 9.47 Å². The summed E-state index contributed by atoms with van der Waals surface area (Å²) in [7, 11) is 1.59. The van der Waals surface area contributed by atoms with Crippen LogP contribution >= 0.6 is 15.9 Å². The fourth-order valence-electron chi connectivity index (χ4n) is 1.96. The van der Waals surface area contributed by atoms with Crippen LogP contribution in [0.5, 0.6) is 11.5 Å². The normalized spacial score (nSPS) is 10.2. The molecule has 0 N–H and O–H groups in total. The Morgan fingerprint density at radius 2 is 1.90 bits per heavy atom. The molecule has 2 aromatic rings. The van der Waals surface area contributed by atoms with Crippen LogP contribution in [0.15, 0.2) is 46.9 Å². The number of Topliss-reactive ketones (excluding diaryl/α,β-unsaturated/α-hetero) is 1. The number of rotatable bonds is 6. The van der Waals surface area contributed by atoms with Gasteiger partial charge in [0.15, 0.2) is 18.1 Å². The fourth-order valence-corrected chi connectivity index (χ4v) is 2.47. The molecule has 3 nitrogen and oxygen atoms in total. The maximum Gasteiger partial charge on any atom is 0.201 e. The van der Waals surface area contributed by atoms with E-state index in [1.54, 1.807) is 13.2 Å². The van der Waals surface area contributed by atoms with Crippen molar-refractivity contribution in [3.63, 3.8) is 0 Å². The van der Waals surface area contributed by atoms with E-state index in [0.29, 0.717) is 17.1 Å². The third-order valence-corrected chi connectivity index (χ3v) is 3.86. The number of hydrogen-bond donors (Lipinski definition) is 0. The molecule has 0 amide bonds. The molecule has 21 heavy (non-hydrogen) atoms. The highest BCUT2D eigenvalue weighted by atomic mass is 79.9. The Bertz CT molecular complexity index is 638. The maximum atomic E-state index is 12.2. The minimum absolute atomic E-state index is 0.0234. The first-order valence-corrected chi connectivity index (χ1v) is 7.52. The van der Waals surface area contributed by atoms with E-state index in [0.717, 1.165) is 16.5 Å². The SMILES string of the molecule is CCc1ccc(OCC(=O)c2ccccc2Br)c(OC)c1. The van der Waals surface area contributed by atoms with Gasteiger partial charge in [0.25, 0.3) is 0 Å². The molecule has 0 aliphatic heterocycles. The van der Waals surface area contributed by atoms with Gasteiger partial charge < -0.3 is 9.47 Å². The molecule has 0 heterocycles. The molecular formula is C17H17BrO3. The standard InChI is InChI=1S/C17H17BrO3/c1-3-12-8-9-16(17(10-12)20-2)21-11-15(19)13-6-4-5-7-14(13)18/h4-10H,3,11H2,1-2H3. The number of benzene rings is 2. The molecule has 0 bridgehead atoms. The number of carbonyl (C=O) groups is 1. The fraction of sp³-hybridized carbons (Fsp3) is 0.235. The number of carbonyl (C=O) groups excluding carboxylic acids is 1. The minimum Gasteiger partial charge on any atom is -0.493 e. The lowest BCUT2D eigenvalue weighted by atomic mass is 10.1. The first-order valence-electron chi connectivity index (χ1n) is 6.73. The molecule has 0 unspecified atom stereocenters. The average molecular weight is 349 g/mol. The van der Waals surface area contributed by atoms with E-state index in [1.165, 1.54) is 0 Å². The van der Waals surface area contributed by atoms with Gasteiger partial charge in [-0.2, -0.15) is 0 Å². The second-order valence-corrected chi connectivity index (χ2v) is 5.38. The molecule has 0 saturated carbocycles. The molecular weight excluding hydrogens is 332 g/mol. The van der Waals surface area contributed by atoms with Crippen LogP contribution in [0.3, 0.4) is 0 Å². The zero-order valence-corrected chi connectivity index (χ0v) is 13.6. The third-order valence-electron chi connectivity index (χ3n) is 3.17. The summed E-state index contributed by atoms with van der Waals surface area (Å²) in [5.74, 6) is 1.15. The Balaban J connectivity index is 2.10. The van der Waals surface area contributed by atoms with E-state index in [-0.39, 0.29) is 12.4 Å². The highest BCUT2D eigenvalue weighted by Gasteiger charge is 2.12. The van der Waals surface area contributed by atoms with Gasteiger partial charge in [-0.1, -0.05) is 47.1 Å². The van der Waals surface area contributed by atoms with E-state index >= 15 is 0 Å². The van der Waals surface area contributed by atoms with E-state index in [9.17, 15) is 4.79 Å². The van der Waals surface area contributed by atoms with Crippen molar-refractivity contribution in [1.29, 1.82) is 0 Å². The largest absolute Gasteiger partial charge is 0.493 e. The van der Waals surface area contributed by atoms with Crippen molar-refractivity contribution in [3.05, 3.63) is 58.1 Å². The molecule has 0 spiro atoms. The van der Waals surface area contributed by atoms with Gasteiger partial charge in [0.2, 0.25) is 5.78 Å². The van der Waals surface area contributed by atoms with E-state index < -0.39 is 0 Å². The van der Waals surface area contributed by atoms with Crippen LogP contribution in [0.25, 0.3) is 0 Å². The molecule has 2 rings (SSSR count). The summed E-state index contributed by atoms with van der Waals surface area (Å²) in [5, 5.41) is 0. The predicted octanol–water partition coefficient (Wildman–Crippen LogP) is 4.28. The molecule has 0 aliphatic carbocycles. The number of hydrogen-bond acceptors (Lipinski definition) is 3. The van der Waals surface area contributed by atoms with E-state index in [2.05, 4.69) is 22.9 Å². The van der Waals surface area contributed by atoms with Crippen molar-refractivity contribution in [2.24, 2.45) is 0 Å². The summed E-state index contributed by atoms with van der Waals surface area (Å²) in [6.45, 7) is 2.05. The molecule has 0 aliphatic rings. The average Bonchev–Trinajstić information content (AvgIpc) is 2.52. The maximum absolute atomic E-state index is 12.2. The second kappa shape index (κ2) is 7.27. The van der Waals surface area contributed by atoms with Crippen molar-refractivity contribution in [3.8, 4) is 11.5 Å². The zero-order chi connectivity index (χ0) is 15.2. The van der Waals surface area contributed by atoms with Crippen LogP contribution in [0.4, 0.5) is 0 Å². The lowest BCUT2D eigenvalue weighted by Crippen LogP contribution is -2.12. The lowest BCUT2D eigenvalue weighted by Gasteiger charge is -2.11. The molecule has 4 heteroatoms.